The third kappa shape index (κ3) is 4.47. The number of hydrogen-bond donors (Lipinski definition) is 0. The first kappa shape index (κ1) is 20.2. The van der Waals surface area contributed by atoms with Gasteiger partial charge in [0, 0.05) is 31.1 Å². The smallest absolute Gasteiger partial charge is 0.348 e. The molecule has 28 heavy (non-hydrogen) atoms. The highest BCUT2D eigenvalue weighted by Gasteiger charge is 2.24. The second kappa shape index (κ2) is 9.10. The summed E-state index contributed by atoms with van der Waals surface area (Å²) in [6.45, 7) is 6.43. The standard InChI is InChI=1S/C21H26N2O4S/c1-4-16-13-19(28-15(16)2)21(25)27-14-20(24)23-11-9-22(10-12-23)17-7-5-6-8-18(17)26-3/h5-8,13H,4,9-12,14H2,1-3H3. The summed E-state index contributed by atoms with van der Waals surface area (Å²) in [6.07, 6.45) is 0.880. The fourth-order valence-electron chi connectivity index (χ4n) is 3.35. The van der Waals surface area contributed by atoms with Crippen LogP contribution in [0.2, 0.25) is 0 Å². The number of benzene rings is 1. The van der Waals surface area contributed by atoms with Crippen LogP contribution in [0.5, 0.6) is 5.75 Å². The van der Waals surface area contributed by atoms with Crippen molar-refractivity contribution in [2.24, 2.45) is 0 Å². The van der Waals surface area contributed by atoms with Gasteiger partial charge in [0.2, 0.25) is 0 Å². The van der Waals surface area contributed by atoms with Gasteiger partial charge in [-0.05, 0) is 37.1 Å². The van der Waals surface area contributed by atoms with Crippen molar-refractivity contribution >= 4 is 28.9 Å². The van der Waals surface area contributed by atoms with Crippen LogP contribution in [0.3, 0.4) is 0 Å². The largest absolute Gasteiger partial charge is 0.495 e. The Kier molecular flexibility index (Phi) is 6.57. The summed E-state index contributed by atoms with van der Waals surface area (Å²) in [7, 11) is 1.66. The number of nitrogens with zero attached hydrogens (tertiary/aromatic N) is 2. The minimum Gasteiger partial charge on any atom is -0.495 e. The van der Waals surface area contributed by atoms with Crippen LogP contribution < -0.4 is 9.64 Å². The highest BCUT2D eigenvalue weighted by molar-refractivity contribution is 7.14. The van der Waals surface area contributed by atoms with Crippen LogP contribution in [0.4, 0.5) is 5.69 Å². The molecule has 1 saturated heterocycles. The van der Waals surface area contributed by atoms with Gasteiger partial charge in [-0.15, -0.1) is 11.3 Å². The molecule has 0 unspecified atom stereocenters. The minimum atomic E-state index is -0.422. The molecule has 0 spiro atoms. The number of ether oxygens (including phenoxy) is 2. The number of rotatable bonds is 6. The number of aryl methyl sites for hydroxylation is 2. The third-order valence-electron chi connectivity index (χ3n) is 4.99. The molecule has 1 amide bonds. The van der Waals surface area contributed by atoms with Crippen LogP contribution in [-0.2, 0) is 16.0 Å². The SMILES string of the molecule is CCc1cc(C(=O)OCC(=O)N2CCN(c3ccccc3OC)CC2)sc1C. The van der Waals surface area contributed by atoms with Crippen LogP contribution in [0.15, 0.2) is 30.3 Å². The molecule has 3 rings (SSSR count). The number of amides is 1. The van der Waals surface area contributed by atoms with Crippen molar-refractivity contribution in [2.45, 2.75) is 20.3 Å². The summed E-state index contributed by atoms with van der Waals surface area (Å²) in [5, 5.41) is 0. The number of hydrogen-bond acceptors (Lipinski definition) is 6. The predicted molar refractivity (Wildman–Crippen MR) is 111 cm³/mol. The van der Waals surface area contributed by atoms with E-state index in [9.17, 15) is 9.59 Å². The molecular formula is C21H26N2O4S. The summed E-state index contributed by atoms with van der Waals surface area (Å²) < 4.78 is 10.7. The Morgan fingerprint density at radius 1 is 1.14 bits per heavy atom. The van der Waals surface area contributed by atoms with Crippen LogP contribution in [0, 0.1) is 6.92 Å². The van der Waals surface area contributed by atoms with E-state index in [1.165, 1.54) is 11.3 Å². The fraction of sp³-hybridized carbons (Fsp3) is 0.429. The maximum absolute atomic E-state index is 12.4. The van der Waals surface area contributed by atoms with E-state index in [0.717, 1.165) is 28.3 Å². The third-order valence-corrected chi connectivity index (χ3v) is 6.06. The van der Waals surface area contributed by atoms with E-state index < -0.39 is 5.97 Å². The van der Waals surface area contributed by atoms with E-state index in [-0.39, 0.29) is 12.5 Å². The quantitative estimate of drug-likeness (QED) is 0.695. The molecule has 0 N–H and O–H groups in total. The van der Waals surface area contributed by atoms with E-state index in [2.05, 4.69) is 11.8 Å². The molecule has 150 valence electrons. The van der Waals surface area contributed by atoms with Crippen LogP contribution in [0.1, 0.15) is 27.0 Å². The Bertz CT molecular complexity index is 841. The highest BCUT2D eigenvalue weighted by Crippen LogP contribution is 2.28. The normalized spacial score (nSPS) is 14.1. The molecule has 0 radical (unpaired) electrons. The lowest BCUT2D eigenvalue weighted by Gasteiger charge is -2.36. The molecular weight excluding hydrogens is 376 g/mol. The molecule has 1 aliphatic heterocycles. The average Bonchev–Trinajstić information content (AvgIpc) is 3.12. The summed E-state index contributed by atoms with van der Waals surface area (Å²) >= 11 is 1.42. The first-order chi connectivity index (χ1) is 13.5. The second-order valence-electron chi connectivity index (χ2n) is 6.66. The second-order valence-corrected chi connectivity index (χ2v) is 7.92. The number of esters is 1. The number of methoxy groups -OCH3 is 1. The number of carbonyl (C=O) groups is 2. The monoisotopic (exact) mass is 402 g/mol. The first-order valence-corrected chi connectivity index (χ1v) is 10.3. The van der Waals surface area contributed by atoms with E-state index in [1.807, 2.05) is 37.3 Å². The lowest BCUT2D eigenvalue weighted by atomic mass is 10.2. The zero-order valence-corrected chi connectivity index (χ0v) is 17.4. The Hall–Kier alpha value is -2.54. The zero-order chi connectivity index (χ0) is 20.1. The van der Waals surface area contributed by atoms with Gasteiger partial charge in [-0.25, -0.2) is 4.79 Å². The summed E-state index contributed by atoms with van der Waals surface area (Å²) in [5.41, 5.74) is 2.18. The lowest BCUT2D eigenvalue weighted by Crippen LogP contribution is -2.50. The Labute approximate surface area is 169 Å². The maximum Gasteiger partial charge on any atom is 0.348 e. The number of piperazine rings is 1. The van der Waals surface area contributed by atoms with Crippen molar-refractivity contribution in [1.29, 1.82) is 0 Å². The van der Waals surface area contributed by atoms with Crippen molar-refractivity contribution in [3.8, 4) is 5.75 Å². The summed E-state index contributed by atoms with van der Waals surface area (Å²) in [6, 6.07) is 9.73. The molecule has 7 heteroatoms. The molecule has 0 atom stereocenters. The zero-order valence-electron chi connectivity index (χ0n) is 16.6. The van der Waals surface area contributed by atoms with E-state index >= 15 is 0 Å². The van der Waals surface area contributed by atoms with Crippen LogP contribution in [0.25, 0.3) is 0 Å². The van der Waals surface area contributed by atoms with E-state index in [4.69, 9.17) is 9.47 Å². The fourth-order valence-corrected chi connectivity index (χ4v) is 4.36. The van der Waals surface area contributed by atoms with Gasteiger partial charge in [-0.3, -0.25) is 4.79 Å². The molecule has 6 nitrogen and oxygen atoms in total. The Morgan fingerprint density at radius 3 is 2.50 bits per heavy atom. The maximum atomic E-state index is 12.4. The Balaban J connectivity index is 1.50. The lowest BCUT2D eigenvalue weighted by molar-refractivity contribution is -0.134. The summed E-state index contributed by atoms with van der Waals surface area (Å²) in [5.74, 6) is 0.250. The van der Waals surface area contributed by atoms with Crippen LogP contribution in [-0.4, -0.2) is 56.7 Å². The molecule has 1 aromatic carbocycles. The van der Waals surface area contributed by atoms with Gasteiger partial charge < -0.3 is 19.3 Å². The molecule has 1 aliphatic rings. The van der Waals surface area contributed by atoms with Gasteiger partial charge in [0.15, 0.2) is 6.61 Å². The molecule has 0 bridgehead atoms. The number of carbonyl (C=O) groups excluding carboxylic acids is 2. The van der Waals surface area contributed by atoms with Gasteiger partial charge in [0.1, 0.15) is 10.6 Å². The van der Waals surface area contributed by atoms with E-state index in [1.54, 1.807) is 12.0 Å². The molecule has 0 aliphatic carbocycles. The molecule has 2 heterocycles. The average molecular weight is 403 g/mol. The molecule has 2 aromatic rings. The van der Waals surface area contributed by atoms with Gasteiger partial charge in [0.05, 0.1) is 12.8 Å². The number of thiophene rings is 1. The predicted octanol–water partition coefficient (Wildman–Crippen LogP) is 3.13. The van der Waals surface area contributed by atoms with Crippen molar-refractivity contribution < 1.29 is 19.1 Å². The molecule has 0 saturated carbocycles. The van der Waals surface area contributed by atoms with Gasteiger partial charge in [-0.2, -0.15) is 0 Å². The summed E-state index contributed by atoms with van der Waals surface area (Å²) in [4.78, 5) is 30.3. The van der Waals surface area contributed by atoms with Crippen molar-refractivity contribution in [1.82, 2.24) is 4.90 Å². The van der Waals surface area contributed by atoms with Gasteiger partial charge >= 0.3 is 5.97 Å². The number of anilines is 1. The van der Waals surface area contributed by atoms with Gasteiger partial charge in [-0.1, -0.05) is 19.1 Å². The van der Waals surface area contributed by atoms with Crippen molar-refractivity contribution in [2.75, 3.05) is 44.8 Å². The van der Waals surface area contributed by atoms with Crippen LogP contribution >= 0.6 is 11.3 Å². The molecule has 1 fully saturated rings. The topological polar surface area (TPSA) is 59.1 Å². The van der Waals surface area contributed by atoms with Crippen molar-refractivity contribution in [3.05, 3.63) is 45.6 Å². The Morgan fingerprint density at radius 2 is 1.86 bits per heavy atom. The number of para-hydroxylation sites is 2. The molecule has 1 aromatic heterocycles. The first-order valence-electron chi connectivity index (χ1n) is 9.45. The van der Waals surface area contributed by atoms with E-state index in [0.29, 0.717) is 31.1 Å². The highest BCUT2D eigenvalue weighted by atomic mass is 32.1. The minimum absolute atomic E-state index is 0.156. The van der Waals surface area contributed by atoms with Crippen molar-refractivity contribution in [3.63, 3.8) is 0 Å². The van der Waals surface area contributed by atoms with Gasteiger partial charge in [0.25, 0.3) is 5.91 Å².